The van der Waals surface area contributed by atoms with Crippen LogP contribution in [0.15, 0.2) is 0 Å². The monoisotopic (exact) mass is 211 g/mol. The summed E-state index contributed by atoms with van der Waals surface area (Å²) in [7, 11) is 0. The van der Waals surface area contributed by atoms with Crippen LogP contribution in [-0.4, -0.2) is 36.1 Å². The molecule has 0 bridgehead atoms. The lowest BCUT2D eigenvalue weighted by atomic mass is 9.93. The number of likely N-dealkylation sites (tertiary alicyclic amines) is 1. The Bertz CT molecular complexity index is 228. The summed E-state index contributed by atoms with van der Waals surface area (Å²) in [4.78, 5) is 13.9. The summed E-state index contributed by atoms with van der Waals surface area (Å²) >= 11 is 0. The van der Waals surface area contributed by atoms with Gasteiger partial charge >= 0.3 is 6.03 Å². The second-order valence-electron chi connectivity index (χ2n) is 4.66. The van der Waals surface area contributed by atoms with Crippen LogP contribution in [0.25, 0.3) is 0 Å². The van der Waals surface area contributed by atoms with E-state index in [0.717, 1.165) is 32.2 Å². The van der Waals surface area contributed by atoms with Gasteiger partial charge in [-0.15, -0.1) is 0 Å². The Hall–Kier alpha value is -0.770. The molecule has 1 saturated heterocycles. The number of nitrogens with two attached hydrogens (primary N) is 1. The van der Waals surface area contributed by atoms with Gasteiger partial charge in [-0.3, -0.25) is 0 Å². The van der Waals surface area contributed by atoms with Crippen LogP contribution in [0.5, 0.6) is 0 Å². The van der Waals surface area contributed by atoms with Gasteiger partial charge in [0, 0.05) is 25.2 Å². The average molecular weight is 211 g/mol. The topological polar surface area (TPSA) is 58.4 Å². The molecule has 1 saturated carbocycles. The summed E-state index contributed by atoms with van der Waals surface area (Å²) in [5.74, 6) is 0. The number of amides is 2. The predicted octanol–water partition coefficient (Wildman–Crippen LogP) is 1.06. The summed E-state index contributed by atoms with van der Waals surface area (Å²) in [6, 6.07) is 0.798. The Labute approximate surface area is 91.2 Å². The van der Waals surface area contributed by atoms with Crippen molar-refractivity contribution in [1.82, 2.24) is 10.2 Å². The quantitative estimate of drug-likeness (QED) is 0.717. The van der Waals surface area contributed by atoms with Crippen molar-refractivity contribution in [2.24, 2.45) is 5.73 Å². The molecule has 0 aromatic rings. The molecule has 1 aliphatic carbocycles. The molecule has 2 aliphatic rings. The highest BCUT2D eigenvalue weighted by Gasteiger charge is 2.28. The Morgan fingerprint density at radius 1 is 1.27 bits per heavy atom. The lowest BCUT2D eigenvalue weighted by Crippen LogP contribution is -2.54. The molecule has 1 unspecified atom stereocenters. The van der Waals surface area contributed by atoms with Crippen molar-refractivity contribution in [2.75, 3.05) is 13.1 Å². The van der Waals surface area contributed by atoms with Crippen molar-refractivity contribution in [3.8, 4) is 0 Å². The fraction of sp³-hybridized carbons (Fsp3) is 0.909. The van der Waals surface area contributed by atoms with Gasteiger partial charge in [-0.1, -0.05) is 0 Å². The van der Waals surface area contributed by atoms with Crippen LogP contribution >= 0.6 is 0 Å². The van der Waals surface area contributed by atoms with Gasteiger partial charge in [-0.25, -0.2) is 4.79 Å². The number of carbonyl (C=O) groups is 1. The number of hydrogen-bond acceptors (Lipinski definition) is 2. The van der Waals surface area contributed by atoms with Crippen molar-refractivity contribution in [3.63, 3.8) is 0 Å². The average Bonchev–Trinajstić information content (AvgIpc) is 2.23. The molecule has 2 fully saturated rings. The van der Waals surface area contributed by atoms with Gasteiger partial charge in [0.25, 0.3) is 0 Å². The maximum Gasteiger partial charge on any atom is 0.317 e. The normalized spacial score (nSPS) is 27.3. The standard InChI is InChI=1S/C11H21N3O/c12-8-10-6-1-2-7-14(10)11(15)13-9-4-3-5-9/h9-10H,1-8,12H2,(H,13,15). The molecule has 4 nitrogen and oxygen atoms in total. The van der Waals surface area contributed by atoms with E-state index < -0.39 is 0 Å². The van der Waals surface area contributed by atoms with E-state index >= 15 is 0 Å². The molecule has 2 amide bonds. The summed E-state index contributed by atoms with van der Waals surface area (Å²) in [6.45, 7) is 1.47. The van der Waals surface area contributed by atoms with E-state index in [1.165, 1.54) is 12.8 Å². The first-order valence-corrected chi connectivity index (χ1v) is 6.08. The van der Waals surface area contributed by atoms with Crippen LogP contribution in [0.3, 0.4) is 0 Å². The highest BCUT2D eigenvalue weighted by atomic mass is 16.2. The zero-order valence-corrected chi connectivity index (χ0v) is 9.24. The predicted molar refractivity (Wildman–Crippen MR) is 59.6 cm³/mol. The van der Waals surface area contributed by atoms with Crippen LogP contribution in [-0.2, 0) is 0 Å². The van der Waals surface area contributed by atoms with E-state index in [-0.39, 0.29) is 12.1 Å². The molecule has 3 N–H and O–H groups in total. The number of urea groups is 1. The Kier molecular flexibility index (Phi) is 3.46. The molecule has 1 aliphatic heterocycles. The zero-order valence-electron chi connectivity index (χ0n) is 9.24. The Balaban J connectivity index is 1.85. The minimum Gasteiger partial charge on any atom is -0.335 e. The van der Waals surface area contributed by atoms with E-state index in [2.05, 4.69) is 5.32 Å². The van der Waals surface area contributed by atoms with E-state index in [1.54, 1.807) is 0 Å². The molecule has 4 heteroatoms. The summed E-state index contributed by atoms with van der Waals surface area (Å²) in [5.41, 5.74) is 5.69. The third-order valence-electron chi connectivity index (χ3n) is 3.59. The van der Waals surface area contributed by atoms with Crippen molar-refractivity contribution in [3.05, 3.63) is 0 Å². The molecule has 0 radical (unpaired) electrons. The number of hydrogen-bond donors (Lipinski definition) is 2. The van der Waals surface area contributed by atoms with Crippen molar-refractivity contribution >= 4 is 6.03 Å². The van der Waals surface area contributed by atoms with Gasteiger partial charge in [0.2, 0.25) is 0 Å². The van der Waals surface area contributed by atoms with Gasteiger partial charge in [0.1, 0.15) is 0 Å². The lowest BCUT2D eigenvalue weighted by molar-refractivity contribution is 0.146. The zero-order chi connectivity index (χ0) is 10.7. The molecular weight excluding hydrogens is 190 g/mol. The third kappa shape index (κ3) is 2.43. The second-order valence-corrected chi connectivity index (χ2v) is 4.66. The first-order chi connectivity index (χ1) is 7.31. The van der Waals surface area contributed by atoms with E-state index in [1.807, 2.05) is 4.90 Å². The fourth-order valence-electron chi connectivity index (χ4n) is 2.32. The van der Waals surface area contributed by atoms with E-state index in [9.17, 15) is 4.79 Å². The number of nitrogens with one attached hydrogen (secondary N) is 1. The van der Waals surface area contributed by atoms with Crippen LogP contribution in [0.4, 0.5) is 4.79 Å². The molecule has 1 heterocycles. The molecule has 0 aromatic carbocycles. The molecule has 86 valence electrons. The molecule has 0 spiro atoms. The van der Waals surface area contributed by atoms with Gasteiger partial charge in [0.15, 0.2) is 0 Å². The van der Waals surface area contributed by atoms with Crippen LogP contribution in [0.1, 0.15) is 38.5 Å². The maximum absolute atomic E-state index is 11.9. The third-order valence-corrected chi connectivity index (χ3v) is 3.59. The number of carbonyl (C=O) groups excluding carboxylic acids is 1. The number of nitrogens with zero attached hydrogens (tertiary/aromatic N) is 1. The van der Waals surface area contributed by atoms with Gasteiger partial charge in [0.05, 0.1) is 0 Å². The SMILES string of the molecule is NCC1CCCCN1C(=O)NC1CCC1. The summed E-state index contributed by atoms with van der Waals surface area (Å²) < 4.78 is 0. The van der Waals surface area contributed by atoms with Crippen LogP contribution < -0.4 is 11.1 Å². The molecule has 15 heavy (non-hydrogen) atoms. The van der Waals surface area contributed by atoms with E-state index in [0.29, 0.717) is 12.6 Å². The maximum atomic E-state index is 11.9. The van der Waals surface area contributed by atoms with Crippen LogP contribution in [0, 0.1) is 0 Å². The highest BCUT2D eigenvalue weighted by Crippen LogP contribution is 2.20. The minimum atomic E-state index is 0.106. The Morgan fingerprint density at radius 3 is 2.67 bits per heavy atom. The molecule has 0 aromatic heterocycles. The summed E-state index contributed by atoms with van der Waals surface area (Å²) in [6.07, 6.45) is 6.93. The van der Waals surface area contributed by atoms with Crippen molar-refractivity contribution in [1.29, 1.82) is 0 Å². The molecular formula is C11H21N3O. The second kappa shape index (κ2) is 4.84. The summed E-state index contributed by atoms with van der Waals surface area (Å²) in [5, 5.41) is 3.08. The fourth-order valence-corrected chi connectivity index (χ4v) is 2.32. The lowest BCUT2D eigenvalue weighted by Gasteiger charge is -2.37. The van der Waals surface area contributed by atoms with Gasteiger partial charge in [-0.05, 0) is 38.5 Å². The smallest absolute Gasteiger partial charge is 0.317 e. The minimum absolute atomic E-state index is 0.106. The van der Waals surface area contributed by atoms with Gasteiger partial charge < -0.3 is 16.0 Å². The molecule has 1 atom stereocenters. The first-order valence-electron chi connectivity index (χ1n) is 6.08. The Morgan fingerprint density at radius 2 is 2.07 bits per heavy atom. The van der Waals surface area contributed by atoms with Crippen molar-refractivity contribution < 1.29 is 4.79 Å². The molecule has 2 rings (SSSR count). The van der Waals surface area contributed by atoms with Crippen molar-refractivity contribution in [2.45, 2.75) is 50.6 Å². The number of rotatable bonds is 2. The van der Waals surface area contributed by atoms with Gasteiger partial charge in [-0.2, -0.15) is 0 Å². The number of piperidine rings is 1. The van der Waals surface area contributed by atoms with Crippen LogP contribution in [0.2, 0.25) is 0 Å². The highest BCUT2D eigenvalue weighted by molar-refractivity contribution is 5.75. The largest absolute Gasteiger partial charge is 0.335 e. The van der Waals surface area contributed by atoms with E-state index in [4.69, 9.17) is 5.73 Å². The first kappa shape index (κ1) is 10.7.